The molecule has 2 aromatic carbocycles. The molecule has 0 aliphatic carbocycles. The molecule has 2 aromatic heterocycles. The normalized spacial score (nSPS) is 14.2. The summed E-state index contributed by atoms with van der Waals surface area (Å²) in [7, 11) is -3.68. The minimum atomic E-state index is -3.68. The Morgan fingerprint density at radius 2 is 1.76 bits per heavy atom. The number of hydrogen-bond donors (Lipinski definition) is 2. The fraction of sp³-hybridized carbons (Fsp3) is 0.167. The number of anilines is 1. The predicted molar refractivity (Wildman–Crippen MR) is 126 cm³/mol. The van der Waals surface area contributed by atoms with Gasteiger partial charge in [0.1, 0.15) is 5.82 Å². The largest absolute Gasteiger partial charge is 0.399 e. The Kier molecular flexibility index (Phi) is 5.35. The lowest BCUT2D eigenvalue weighted by Crippen LogP contribution is -2.36. The fourth-order valence-corrected chi connectivity index (χ4v) is 5.47. The zero-order valence-electron chi connectivity index (χ0n) is 17.8. The molecule has 4 aromatic rings. The summed E-state index contributed by atoms with van der Waals surface area (Å²) >= 11 is 0. The summed E-state index contributed by atoms with van der Waals surface area (Å²) in [4.78, 5) is 22.7. The number of H-pyrrole nitrogens is 1. The van der Waals surface area contributed by atoms with Crippen LogP contribution >= 0.6 is 0 Å². The Balaban J connectivity index is 1.39. The summed E-state index contributed by atoms with van der Waals surface area (Å²) in [5.41, 5.74) is 9.05. The van der Waals surface area contributed by atoms with Gasteiger partial charge in [-0.3, -0.25) is 9.69 Å². The molecule has 0 saturated carbocycles. The molecule has 1 aliphatic heterocycles. The summed E-state index contributed by atoms with van der Waals surface area (Å²) in [6, 6.07) is 19.1. The third-order valence-electron chi connectivity index (χ3n) is 5.81. The van der Waals surface area contributed by atoms with Gasteiger partial charge in [-0.2, -0.15) is 0 Å². The number of nitrogens with one attached hydrogen (secondary N) is 1. The van der Waals surface area contributed by atoms with Crippen molar-refractivity contribution in [1.82, 2.24) is 18.8 Å². The minimum absolute atomic E-state index is 0.177. The van der Waals surface area contributed by atoms with Crippen LogP contribution in [0.15, 0.2) is 82.6 Å². The predicted octanol–water partition coefficient (Wildman–Crippen LogP) is 2.62. The van der Waals surface area contributed by atoms with E-state index in [1.807, 2.05) is 12.1 Å². The van der Waals surface area contributed by atoms with E-state index in [2.05, 4.69) is 14.9 Å². The maximum atomic E-state index is 13.1. The first-order chi connectivity index (χ1) is 15.9. The van der Waals surface area contributed by atoms with E-state index < -0.39 is 10.0 Å². The van der Waals surface area contributed by atoms with E-state index >= 15 is 0 Å². The highest BCUT2D eigenvalue weighted by Crippen LogP contribution is 2.22. The number of nitrogens with two attached hydrogens (primary N) is 1. The second-order valence-corrected chi connectivity index (χ2v) is 9.85. The van der Waals surface area contributed by atoms with Crippen molar-refractivity contribution < 1.29 is 8.42 Å². The van der Waals surface area contributed by atoms with Gasteiger partial charge in [0.05, 0.1) is 16.2 Å². The van der Waals surface area contributed by atoms with Gasteiger partial charge >= 0.3 is 0 Å². The average molecular weight is 462 g/mol. The number of fused-ring (bicyclic) bond motifs is 1. The molecule has 3 heterocycles. The van der Waals surface area contributed by atoms with Crippen LogP contribution < -0.4 is 11.3 Å². The SMILES string of the molecule is Nc1ccc(-c2nc3c(c(=O)[nH]2)CN(Cc2cccn2S(=O)(=O)c2ccccc2)CC3)cc1. The molecule has 0 atom stereocenters. The van der Waals surface area contributed by atoms with Gasteiger partial charge in [-0.05, 0) is 48.5 Å². The number of aromatic nitrogens is 3. The van der Waals surface area contributed by atoms with Crippen LogP contribution in [-0.4, -0.2) is 33.8 Å². The average Bonchev–Trinajstić information content (AvgIpc) is 3.29. The van der Waals surface area contributed by atoms with Crippen molar-refractivity contribution in [3.05, 3.63) is 100 Å². The molecule has 33 heavy (non-hydrogen) atoms. The molecule has 0 bridgehead atoms. The highest BCUT2D eigenvalue weighted by Gasteiger charge is 2.24. The lowest BCUT2D eigenvalue weighted by Gasteiger charge is -2.28. The highest BCUT2D eigenvalue weighted by molar-refractivity contribution is 7.90. The van der Waals surface area contributed by atoms with Gasteiger partial charge in [-0.15, -0.1) is 0 Å². The minimum Gasteiger partial charge on any atom is -0.399 e. The van der Waals surface area contributed by atoms with Gasteiger partial charge in [0.25, 0.3) is 15.6 Å². The number of rotatable bonds is 5. The van der Waals surface area contributed by atoms with Crippen molar-refractivity contribution in [2.75, 3.05) is 12.3 Å². The van der Waals surface area contributed by atoms with Crippen LogP contribution in [0.5, 0.6) is 0 Å². The summed E-state index contributed by atoms with van der Waals surface area (Å²) in [5.74, 6) is 0.523. The molecule has 0 unspecified atom stereocenters. The molecule has 0 saturated heterocycles. The van der Waals surface area contributed by atoms with Crippen molar-refractivity contribution in [1.29, 1.82) is 0 Å². The molecule has 1 aliphatic rings. The number of aromatic amines is 1. The summed E-state index contributed by atoms with van der Waals surface area (Å²) in [6.07, 6.45) is 2.16. The maximum absolute atomic E-state index is 13.1. The molecular formula is C24H23N5O3S. The van der Waals surface area contributed by atoms with Crippen molar-refractivity contribution >= 4 is 15.7 Å². The van der Waals surface area contributed by atoms with E-state index in [-0.39, 0.29) is 10.5 Å². The Labute approximate surface area is 191 Å². The van der Waals surface area contributed by atoms with Crippen LogP contribution in [0.3, 0.4) is 0 Å². The third kappa shape index (κ3) is 4.08. The van der Waals surface area contributed by atoms with E-state index in [9.17, 15) is 13.2 Å². The molecule has 3 N–H and O–H groups in total. The third-order valence-corrected chi connectivity index (χ3v) is 7.55. The number of nitrogen functional groups attached to an aromatic ring is 1. The first-order valence-corrected chi connectivity index (χ1v) is 12.0. The Hall–Kier alpha value is -3.69. The smallest absolute Gasteiger partial charge is 0.267 e. The summed E-state index contributed by atoms with van der Waals surface area (Å²) < 4.78 is 27.5. The molecule has 168 valence electrons. The molecular weight excluding hydrogens is 438 g/mol. The van der Waals surface area contributed by atoms with Crippen molar-refractivity contribution in [3.8, 4) is 11.4 Å². The molecule has 5 rings (SSSR count). The molecule has 0 fully saturated rings. The van der Waals surface area contributed by atoms with Crippen molar-refractivity contribution in [3.63, 3.8) is 0 Å². The monoisotopic (exact) mass is 461 g/mol. The van der Waals surface area contributed by atoms with Gasteiger partial charge in [0, 0.05) is 49.2 Å². The van der Waals surface area contributed by atoms with Crippen LogP contribution in [0.25, 0.3) is 11.4 Å². The Bertz CT molecular complexity index is 1460. The number of nitrogens with zero attached hydrogens (tertiary/aromatic N) is 3. The van der Waals surface area contributed by atoms with E-state index in [1.54, 1.807) is 60.8 Å². The van der Waals surface area contributed by atoms with Gasteiger partial charge in [0.15, 0.2) is 0 Å². The van der Waals surface area contributed by atoms with Crippen molar-refractivity contribution in [2.24, 2.45) is 0 Å². The molecule has 0 spiro atoms. The first kappa shape index (κ1) is 21.2. The zero-order chi connectivity index (χ0) is 23.0. The summed E-state index contributed by atoms with van der Waals surface area (Å²) in [6.45, 7) is 1.47. The Morgan fingerprint density at radius 3 is 2.52 bits per heavy atom. The van der Waals surface area contributed by atoms with Crippen LogP contribution in [0.2, 0.25) is 0 Å². The quantitative estimate of drug-likeness (QED) is 0.442. The maximum Gasteiger partial charge on any atom is 0.267 e. The van der Waals surface area contributed by atoms with Gasteiger partial charge in [0.2, 0.25) is 0 Å². The molecule has 8 nitrogen and oxygen atoms in total. The van der Waals surface area contributed by atoms with Crippen LogP contribution in [-0.2, 0) is 29.5 Å². The Morgan fingerprint density at radius 1 is 1.00 bits per heavy atom. The van der Waals surface area contributed by atoms with E-state index in [1.165, 1.54) is 3.97 Å². The standard InChI is InChI=1S/C24H23N5O3S/c25-18-10-8-17(9-11-18)23-26-22-12-14-28(16-21(22)24(30)27-23)15-19-5-4-13-29(19)33(31,32)20-6-2-1-3-7-20/h1-11,13H,12,14-16,25H2,(H,26,27,30). The van der Waals surface area contributed by atoms with E-state index in [0.717, 1.165) is 11.3 Å². The molecule has 9 heteroatoms. The van der Waals surface area contributed by atoms with Gasteiger partial charge in [-0.25, -0.2) is 17.4 Å². The molecule has 0 radical (unpaired) electrons. The zero-order valence-corrected chi connectivity index (χ0v) is 18.6. The number of benzene rings is 2. The number of hydrogen-bond acceptors (Lipinski definition) is 6. The summed E-state index contributed by atoms with van der Waals surface area (Å²) in [5, 5.41) is 0. The lowest BCUT2D eigenvalue weighted by molar-refractivity contribution is 0.238. The topological polar surface area (TPSA) is 114 Å². The second kappa shape index (κ2) is 8.34. The van der Waals surface area contributed by atoms with E-state index in [0.29, 0.717) is 48.8 Å². The highest BCUT2D eigenvalue weighted by atomic mass is 32.2. The molecule has 0 amide bonds. The lowest BCUT2D eigenvalue weighted by atomic mass is 10.1. The van der Waals surface area contributed by atoms with E-state index in [4.69, 9.17) is 5.73 Å². The van der Waals surface area contributed by atoms with Crippen LogP contribution in [0, 0.1) is 0 Å². The fourth-order valence-electron chi connectivity index (χ4n) is 4.09. The van der Waals surface area contributed by atoms with Gasteiger partial charge < -0.3 is 10.7 Å². The van der Waals surface area contributed by atoms with Crippen LogP contribution in [0.4, 0.5) is 5.69 Å². The van der Waals surface area contributed by atoms with Crippen LogP contribution in [0.1, 0.15) is 17.0 Å². The van der Waals surface area contributed by atoms with Gasteiger partial charge in [-0.1, -0.05) is 18.2 Å². The second-order valence-electron chi connectivity index (χ2n) is 8.04. The first-order valence-electron chi connectivity index (χ1n) is 10.6. The van der Waals surface area contributed by atoms with Crippen molar-refractivity contribution in [2.45, 2.75) is 24.4 Å².